The summed E-state index contributed by atoms with van der Waals surface area (Å²) in [6.07, 6.45) is 2.58. The number of halogens is 2. The molecule has 0 radical (unpaired) electrons. The van der Waals surface area contributed by atoms with Crippen LogP contribution in [0.25, 0.3) is 0 Å². The molecule has 0 spiro atoms. The summed E-state index contributed by atoms with van der Waals surface area (Å²) < 4.78 is 32.3. The first-order valence-electron chi connectivity index (χ1n) is 9.54. The molecule has 1 atom stereocenters. The predicted octanol–water partition coefficient (Wildman–Crippen LogP) is 4.03. The van der Waals surface area contributed by atoms with E-state index in [1.54, 1.807) is 0 Å². The zero-order valence-electron chi connectivity index (χ0n) is 15.2. The molecule has 1 aromatic carbocycles. The van der Waals surface area contributed by atoms with Crippen LogP contribution in [-0.2, 0) is 6.54 Å². The number of rotatable bonds is 6. The molecule has 2 aliphatic rings. The Balaban J connectivity index is 1.38. The van der Waals surface area contributed by atoms with Gasteiger partial charge in [-0.25, -0.2) is 8.78 Å². The van der Waals surface area contributed by atoms with E-state index >= 15 is 0 Å². The van der Waals surface area contributed by atoms with E-state index in [2.05, 4.69) is 16.7 Å². The highest BCUT2D eigenvalue weighted by molar-refractivity contribution is 5.27. The second kappa shape index (κ2) is 8.45. The van der Waals surface area contributed by atoms with Crippen LogP contribution in [0.2, 0.25) is 0 Å². The number of likely N-dealkylation sites (tertiary alicyclic amines) is 2. The minimum Gasteiger partial charge on any atom is -0.492 e. The van der Waals surface area contributed by atoms with Crippen molar-refractivity contribution in [3.63, 3.8) is 0 Å². The zero-order valence-corrected chi connectivity index (χ0v) is 15.2. The van der Waals surface area contributed by atoms with Crippen molar-refractivity contribution in [2.24, 2.45) is 5.92 Å². The van der Waals surface area contributed by atoms with Gasteiger partial charge in [-0.3, -0.25) is 9.80 Å². The van der Waals surface area contributed by atoms with Crippen molar-refractivity contribution < 1.29 is 13.5 Å². The van der Waals surface area contributed by atoms with Gasteiger partial charge >= 0.3 is 0 Å². The molecule has 2 aliphatic heterocycles. The molecular weight excluding hydrogens is 322 g/mol. The molecule has 0 bridgehead atoms. The van der Waals surface area contributed by atoms with Crippen molar-refractivity contribution in [3.05, 3.63) is 29.8 Å². The molecule has 0 aliphatic carbocycles. The Bertz CT molecular complexity index is 525. The summed E-state index contributed by atoms with van der Waals surface area (Å²) in [7, 11) is 0. The molecule has 1 aromatic rings. The average molecular weight is 352 g/mol. The van der Waals surface area contributed by atoms with E-state index in [0.717, 1.165) is 30.3 Å². The summed E-state index contributed by atoms with van der Waals surface area (Å²) in [5.74, 6) is -0.790. The van der Waals surface area contributed by atoms with E-state index in [4.69, 9.17) is 4.74 Å². The Morgan fingerprint density at radius 3 is 2.48 bits per heavy atom. The van der Waals surface area contributed by atoms with E-state index in [1.807, 2.05) is 24.3 Å². The lowest BCUT2D eigenvalue weighted by atomic mass is 10.0. The number of benzene rings is 1. The Kier molecular flexibility index (Phi) is 6.29. The van der Waals surface area contributed by atoms with Gasteiger partial charge in [0.1, 0.15) is 12.4 Å². The van der Waals surface area contributed by atoms with Gasteiger partial charge in [0.25, 0.3) is 5.92 Å². The maximum Gasteiger partial charge on any atom is 0.250 e. The van der Waals surface area contributed by atoms with Crippen molar-refractivity contribution in [3.8, 4) is 5.75 Å². The van der Waals surface area contributed by atoms with Crippen LogP contribution in [0.15, 0.2) is 24.3 Å². The molecule has 3 nitrogen and oxygen atoms in total. The predicted molar refractivity (Wildman–Crippen MR) is 96.2 cm³/mol. The fraction of sp³-hybridized carbons (Fsp3) is 0.700. The lowest BCUT2D eigenvalue weighted by Gasteiger charge is -2.31. The summed E-state index contributed by atoms with van der Waals surface area (Å²) in [5, 5.41) is 0. The Hall–Kier alpha value is -1.20. The van der Waals surface area contributed by atoms with E-state index in [1.165, 1.54) is 25.9 Å². The maximum absolute atomic E-state index is 13.2. The van der Waals surface area contributed by atoms with Crippen LogP contribution in [0, 0.1) is 5.92 Å². The third kappa shape index (κ3) is 5.93. The lowest BCUT2D eigenvalue weighted by molar-refractivity contribution is -0.0566. The standard InChI is InChI=1S/C20H30F2N2O/c1-17-3-2-10-23(15-17)13-14-25-19-6-4-18(5-7-19)16-24-11-8-20(21,22)9-12-24/h4-7,17H,2-3,8-16H2,1H3/t17-/m1/s1. The molecule has 0 aromatic heterocycles. The highest BCUT2D eigenvalue weighted by atomic mass is 19.3. The number of hydrogen-bond acceptors (Lipinski definition) is 3. The molecule has 140 valence electrons. The number of nitrogens with zero attached hydrogens (tertiary/aromatic N) is 2. The van der Waals surface area contributed by atoms with Crippen LogP contribution in [0.1, 0.15) is 38.2 Å². The third-order valence-electron chi connectivity index (χ3n) is 5.33. The Labute approximate surface area is 149 Å². The summed E-state index contributed by atoms with van der Waals surface area (Å²) >= 11 is 0. The summed E-state index contributed by atoms with van der Waals surface area (Å²) in [5.41, 5.74) is 1.16. The van der Waals surface area contributed by atoms with Crippen molar-refractivity contribution >= 4 is 0 Å². The first-order chi connectivity index (χ1) is 12.0. The first kappa shape index (κ1) is 18.6. The van der Waals surface area contributed by atoms with E-state index in [0.29, 0.717) is 19.7 Å². The van der Waals surface area contributed by atoms with Gasteiger partial charge < -0.3 is 4.74 Å². The van der Waals surface area contributed by atoms with Crippen LogP contribution in [0.5, 0.6) is 5.75 Å². The topological polar surface area (TPSA) is 15.7 Å². The second-order valence-corrected chi connectivity index (χ2v) is 7.67. The zero-order chi connectivity index (χ0) is 17.7. The highest BCUT2D eigenvalue weighted by Crippen LogP contribution is 2.28. The molecule has 5 heteroatoms. The smallest absolute Gasteiger partial charge is 0.250 e. The molecule has 25 heavy (non-hydrogen) atoms. The van der Waals surface area contributed by atoms with Gasteiger partial charge in [-0.1, -0.05) is 19.1 Å². The van der Waals surface area contributed by atoms with Crippen LogP contribution >= 0.6 is 0 Å². The van der Waals surface area contributed by atoms with Crippen LogP contribution in [0.3, 0.4) is 0 Å². The molecule has 0 saturated carbocycles. The van der Waals surface area contributed by atoms with E-state index in [9.17, 15) is 8.78 Å². The number of piperidine rings is 2. The summed E-state index contributed by atoms with van der Waals surface area (Å²) in [6, 6.07) is 8.08. The number of alkyl halides is 2. The van der Waals surface area contributed by atoms with Crippen molar-refractivity contribution in [2.75, 3.05) is 39.3 Å². The highest BCUT2D eigenvalue weighted by Gasteiger charge is 2.33. The SMILES string of the molecule is C[C@@H]1CCCN(CCOc2ccc(CN3CCC(F)(F)CC3)cc2)C1. The molecule has 3 rings (SSSR count). The maximum atomic E-state index is 13.2. The Morgan fingerprint density at radius 2 is 1.80 bits per heavy atom. The molecule has 0 amide bonds. The fourth-order valence-corrected chi connectivity index (χ4v) is 3.77. The van der Waals surface area contributed by atoms with Crippen molar-refractivity contribution in [2.45, 2.75) is 45.1 Å². The van der Waals surface area contributed by atoms with Gasteiger partial charge in [-0.05, 0) is 43.0 Å². The van der Waals surface area contributed by atoms with Crippen molar-refractivity contribution in [1.29, 1.82) is 0 Å². The van der Waals surface area contributed by atoms with Gasteiger partial charge in [0.2, 0.25) is 0 Å². The normalized spacial score (nSPS) is 25.0. The molecule has 2 heterocycles. The summed E-state index contributed by atoms with van der Waals surface area (Å²) in [4.78, 5) is 4.58. The summed E-state index contributed by atoms with van der Waals surface area (Å²) in [6.45, 7) is 8.05. The van der Waals surface area contributed by atoms with Gasteiger partial charge in [-0.15, -0.1) is 0 Å². The van der Waals surface area contributed by atoms with Gasteiger partial charge in [0.15, 0.2) is 0 Å². The third-order valence-corrected chi connectivity index (χ3v) is 5.33. The van der Waals surface area contributed by atoms with E-state index < -0.39 is 5.92 Å². The van der Waals surface area contributed by atoms with E-state index in [-0.39, 0.29) is 12.8 Å². The van der Waals surface area contributed by atoms with Crippen LogP contribution in [-0.4, -0.2) is 55.1 Å². The molecule has 0 unspecified atom stereocenters. The number of ether oxygens (including phenoxy) is 1. The minimum atomic E-state index is -2.47. The first-order valence-corrected chi connectivity index (χ1v) is 9.54. The van der Waals surface area contributed by atoms with Crippen LogP contribution in [0.4, 0.5) is 8.78 Å². The van der Waals surface area contributed by atoms with Gasteiger partial charge in [-0.2, -0.15) is 0 Å². The van der Waals surface area contributed by atoms with Crippen molar-refractivity contribution in [1.82, 2.24) is 9.80 Å². The minimum absolute atomic E-state index is 0.0245. The largest absolute Gasteiger partial charge is 0.492 e. The van der Waals surface area contributed by atoms with Crippen LogP contribution < -0.4 is 4.74 Å². The van der Waals surface area contributed by atoms with Gasteiger partial charge in [0.05, 0.1) is 0 Å². The average Bonchev–Trinajstić information content (AvgIpc) is 2.58. The number of hydrogen-bond donors (Lipinski definition) is 0. The Morgan fingerprint density at radius 1 is 1.08 bits per heavy atom. The second-order valence-electron chi connectivity index (χ2n) is 7.67. The molecule has 0 N–H and O–H groups in total. The molecular formula is C20H30F2N2O. The molecule has 2 saturated heterocycles. The van der Waals surface area contributed by atoms with Gasteiger partial charge in [0, 0.05) is 45.6 Å². The monoisotopic (exact) mass is 352 g/mol. The fourth-order valence-electron chi connectivity index (χ4n) is 3.77. The molecule has 2 fully saturated rings. The quantitative estimate of drug-likeness (QED) is 0.769. The lowest BCUT2D eigenvalue weighted by Crippen LogP contribution is -2.38.